The molecule has 0 fully saturated rings. The Morgan fingerprint density at radius 2 is 2.26 bits per heavy atom. The highest BCUT2D eigenvalue weighted by Gasteiger charge is 2.17. The Labute approximate surface area is 144 Å². The average Bonchev–Trinajstić information content (AvgIpc) is 2.95. The lowest BCUT2D eigenvalue weighted by molar-refractivity contribution is -0.122. The number of aromatic nitrogens is 2. The number of hydrogen-bond acceptors (Lipinski definition) is 6. The van der Waals surface area contributed by atoms with E-state index >= 15 is 0 Å². The second-order valence-electron chi connectivity index (χ2n) is 4.99. The van der Waals surface area contributed by atoms with Gasteiger partial charge in [-0.25, -0.2) is 0 Å². The lowest BCUT2D eigenvalue weighted by Gasteiger charge is -2.15. The molecule has 23 heavy (non-hydrogen) atoms. The predicted molar refractivity (Wildman–Crippen MR) is 95.5 cm³/mol. The number of benzene rings is 1. The smallest absolute Gasteiger partial charge is 0.266 e. The van der Waals surface area contributed by atoms with E-state index in [4.69, 9.17) is 4.74 Å². The quantitative estimate of drug-likeness (QED) is 0.467. The first-order valence-corrected chi connectivity index (χ1v) is 8.91. The Morgan fingerprint density at radius 1 is 1.48 bits per heavy atom. The van der Waals surface area contributed by atoms with Crippen molar-refractivity contribution in [3.05, 3.63) is 42.0 Å². The molecule has 0 bridgehead atoms. The molecule has 0 saturated carbocycles. The fraction of sp³-hybridized carbons (Fsp3) is 0.312. The summed E-state index contributed by atoms with van der Waals surface area (Å²) in [7, 11) is 0. The number of aryl methyl sites for hydroxylation is 2. The second-order valence-corrected chi connectivity index (χ2v) is 7.24. The summed E-state index contributed by atoms with van der Waals surface area (Å²) in [6.45, 7) is 9.34. The van der Waals surface area contributed by atoms with Crippen LogP contribution in [0.3, 0.4) is 0 Å². The first kappa shape index (κ1) is 17.5. The molecule has 122 valence electrons. The maximum atomic E-state index is 12.2. The monoisotopic (exact) mass is 349 g/mol. The van der Waals surface area contributed by atoms with Gasteiger partial charge in [0.05, 0.1) is 0 Å². The van der Waals surface area contributed by atoms with E-state index in [9.17, 15) is 4.79 Å². The van der Waals surface area contributed by atoms with Gasteiger partial charge in [-0.2, -0.15) is 0 Å². The SMILES string of the molecule is C=CCSc1nnc(NC(=O)[C@H](C)Oc2ccc(C)cc2C)s1. The average molecular weight is 349 g/mol. The molecular weight excluding hydrogens is 330 g/mol. The molecule has 1 amide bonds. The number of carbonyl (C=O) groups is 1. The van der Waals surface area contributed by atoms with Crippen LogP contribution < -0.4 is 10.1 Å². The van der Waals surface area contributed by atoms with Crippen molar-refractivity contribution in [3.8, 4) is 5.75 Å². The minimum Gasteiger partial charge on any atom is -0.481 e. The summed E-state index contributed by atoms with van der Waals surface area (Å²) in [4.78, 5) is 12.2. The van der Waals surface area contributed by atoms with Gasteiger partial charge in [0.25, 0.3) is 5.91 Å². The minimum atomic E-state index is -0.621. The van der Waals surface area contributed by atoms with Gasteiger partial charge in [-0.3, -0.25) is 10.1 Å². The van der Waals surface area contributed by atoms with Crippen molar-refractivity contribution in [2.24, 2.45) is 0 Å². The third kappa shape index (κ3) is 5.07. The van der Waals surface area contributed by atoms with E-state index in [-0.39, 0.29) is 5.91 Å². The van der Waals surface area contributed by atoms with Crippen LogP contribution >= 0.6 is 23.1 Å². The number of nitrogens with one attached hydrogen (secondary N) is 1. The van der Waals surface area contributed by atoms with E-state index in [1.165, 1.54) is 23.1 Å². The van der Waals surface area contributed by atoms with Gasteiger partial charge in [0.1, 0.15) is 5.75 Å². The van der Waals surface area contributed by atoms with Gasteiger partial charge in [0.2, 0.25) is 5.13 Å². The van der Waals surface area contributed by atoms with Crippen molar-refractivity contribution in [1.82, 2.24) is 10.2 Å². The van der Waals surface area contributed by atoms with E-state index in [0.29, 0.717) is 10.9 Å². The molecule has 0 saturated heterocycles. The molecule has 1 aromatic carbocycles. The number of amides is 1. The largest absolute Gasteiger partial charge is 0.481 e. The summed E-state index contributed by atoms with van der Waals surface area (Å²) < 4.78 is 6.53. The Kier molecular flexibility index (Phi) is 6.18. The Bertz CT molecular complexity index is 700. The highest BCUT2D eigenvalue weighted by atomic mass is 32.2. The van der Waals surface area contributed by atoms with Crippen LogP contribution in [0.15, 0.2) is 35.2 Å². The van der Waals surface area contributed by atoms with Crippen LogP contribution in [0, 0.1) is 13.8 Å². The van der Waals surface area contributed by atoms with Crippen molar-refractivity contribution in [2.75, 3.05) is 11.1 Å². The molecule has 1 heterocycles. The minimum absolute atomic E-state index is 0.249. The van der Waals surface area contributed by atoms with Crippen molar-refractivity contribution in [2.45, 2.75) is 31.2 Å². The molecule has 0 aliphatic carbocycles. The molecule has 0 spiro atoms. The summed E-state index contributed by atoms with van der Waals surface area (Å²) in [5.41, 5.74) is 2.16. The summed E-state index contributed by atoms with van der Waals surface area (Å²) in [6, 6.07) is 5.86. The van der Waals surface area contributed by atoms with Gasteiger partial charge in [0.15, 0.2) is 10.4 Å². The maximum Gasteiger partial charge on any atom is 0.266 e. The molecule has 1 N–H and O–H groups in total. The van der Waals surface area contributed by atoms with Gasteiger partial charge >= 0.3 is 0 Å². The zero-order valence-corrected chi connectivity index (χ0v) is 15.0. The number of nitrogens with zero attached hydrogens (tertiary/aromatic N) is 2. The van der Waals surface area contributed by atoms with Crippen LogP contribution in [-0.4, -0.2) is 28.0 Å². The fourth-order valence-corrected chi connectivity index (χ4v) is 3.35. The van der Waals surface area contributed by atoms with Crippen LogP contribution in [0.2, 0.25) is 0 Å². The van der Waals surface area contributed by atoms with Gasteiger partial charge in [-0.05, 0) is 32.4 Å². The maximum absolute atomic E-state index is 12.2. The summed E-state index contributed by atoms with van der Waals surface area (Å²) in [6.07, 6.45) is 1.18. The predicted octanol–water partition coefficient (Wildman–Crippen LogP) is 3.84. The molecule has 0 radical (unpaired) electrons. The van der Waals surface area contributed by atoms with Crippen molar-refractivity contribution >= 4 is 34.1 Å². The lowest BCUT2D eigenvalue weighted by Crippen LogP contribution is -2.30. The van der Waals surface area contributed by atoms with Crippen LogP contribution in [0.1, 0.15) is 18.1 Å². The summed E-state index contributed by atoms with van der Waals surface area (Å²) >= 11 is 2.86. The standard InChI is InChI=1S/C16H19N3O2S2/c1-5-8-22-16-19-18-15(23-16)17-14(20)12(4)21-13-7-6-10(2)9-11(13)3/h5-7,9,12H,1,8H2,2-4H3,(H,17,18,20)/t12-/m0/s1. The molecule has 0 aliphatic heterocycles. The van der Waals surface area contributed by atoms with Crippen molar-refractivity contribution < 1.29 is 9.53 Å². The third-order valence-electron chi connectivity index (χ3n) is 2.96. The van der Waals surface area contributed by atoms with Crippen molar-refractivity contribution in [3.63, 3.8) is 0 Å². The van der Waals surface area contributed by atoms with Gasteiger partial charge < -0.3 is 4.74 Å². The lowest BCUT2D eigenvalue weighted by atomic mass is 10.1. The van der Waals surface area contributed by atoms with E-state index in [2.05, 4.69) is 22.1 Å². The Balaban J connectivity index is 1.94. The first-order valence-electron chi connectivity index (χ1n) is 7.11. The van der Waals surface area contributed by atoms with E-state index < -0.39 is 6.10 Å². The first-order chi connectivity index (χ1) is 11.0. The summed E-state index contributed by atoms with van der Waals surface area (Å²) in [5.74, 6) is 1.22. The number of anilines is 1. The molecular formula is C16H19N3O2S2. The Hall–Kier alpha value is -1.86. The molecule has 1 aromatic heterocycles. The molecule has 0 aliphatic rings. The molecule has 1 atom stereocenters. The number of ether oxygens (including phenoxy) is 1. The molecule has 2 aromatic rings. The van der Waals surface area contributed by atoms with Gasteiger partial charge in [0, 0.05) is 5.75 Å². The number of thioether (sulfide) groups is 1. The molecule has 2 rings (SSSR count). The van der Waals surface area contributed by atoms with E-state index in [1.807, 2.05) is 32.0 Å². The van der Waals surface area contributed by atoms with Gasteiger partial charge in [-0.15, -0.1) is 16.8 Å². The third-order valence-corrected chi connectivity index (χ3v) is 4.93. The van der Waals surface area contributed by atoms with Crippen LogP contribution in [0.25, 0.3) is 0 Å². The number of carbonyl (C=O) groups excluding carboxylic acids is 1. The molecule has 7 heteroatoms. The highest BCUT2D eigenvalue weighted by molar-refractivity contribution is 8.01. The molecule has 5 nitrogen and oxygen atoms in total. The van der Waals surface area contributed by atoms with E-state index in [0.717, 1.165) is 21.2 Å². The highest BCUT2D eigenvalue weighted by Crippen LogP contribution is 2.26. The zero-order chi connectivity index (χ0) is 16.8. The van der Waals surface area contributed by atoms with Crippen LogP contribution in [-0.2, 0) is 4.79 Å². The fourth-order valence-electron chi connectivity index (χ4n) is 1.83. The van der Waals surface area contributed by atoms with Gasteiger partial charge in [-0.1, -0.05) is 46.9 Å². The van der Waals surface area contributed by atoms with Crippen LogP contribution in [0.5, 0.6) is 5.75 Å². The normalized spacial score (nSPS) is 11.8. The second kappa shape index (κ2) is 8.12. The zero-order valence-electron chi connectivity index (χ0n) is 13.3. The Morgan fingerprint density at radius 3 is 2.96 bits per heavy atom. The topological polar surface area (TPSA) is 64.1 Å². The summed E-state index contributed by atoms with van der Waals surface area (Å²) in [5, 5.41) is 11.2. The van der Waals surface area contributed by atoms with Crippen molar-refractivity contribution in [1.29, 1.82) is 0 Å². The molecule has 0 unspecified atom stereocenters. The van der Waals surface area contributed by atoms with E-state index in [1.54, 1.807) is 13.0 Å². The number of rotatable bonds is 7. The number of hydrogen-bond donors (Lipinski definition) is 1. The van der Waals surface area contributed by atoms with Crippen LogP contribution in [0.4, 0.5) is 5.13 Å².